The molecule has 6 nitrogen and oxygen atoms in total. The van der Waals surface area contributed by atoms with Gasteiger partial charge in [-0.25, -0.2) is 0 Å². The first kappa shape index (κ1) is 20.4. The molecule has 0 unspecified atom stereocenters. The second-order valence-electron chi connectivity index (χ2n) is 5.98. The molecule has 2 rings (SSSR count). The molecule has 0 radical (unpaired) electrons. The Balaban J connectivity index is 1.81. The highest BCUT2D eigenvalue weighted by atomic mass is 16.5. The number of rotatable bonds is 9. The Morgan fingerprint density at radius 1 is 1.22 bits per heavy atom. The molecule has 0 aliphatic heterocycles. The molecule has 0 aliphatic carbocycles. The number of aliphatic imine (C=N–C) groups is 1. The van der Waals surface area contributed by atoms with Crippen LogP contribution in [0.5, 0.6) is 5.75 Å². The van der Waals surface area contributed by atoms with E-state index in [0.29, 0.717) is 6.54 Å². The van der Waals surface area contributed by atoms with Crippen LogP contribution in [-0.4, -0.2) is 31.3 Å². The molecule has 1 aromatic heterocycles. The molecule has 6 heteroatoms. The molecule has 0 amide bonds. The number of hydrogen-bond acceptors (Lipinski definition) is 4. The molecule has 2 aromatic rings. The number of benzene rings is 1. The SMILES string of the molecule is C#CCOc1ccc(CCNC(=NC)NCc2c(CC)noc2CC)cc1. The average Bonchev–Trinajstić information content (AvgIpc) is 3.11. The van der Waals surface area contributed by atoms with E-state index in [0.717, 1.165) is 54.5 Å². The van der Waals surface area contributed by atoms with E-state index in [2.05, 4.69) is 40.6 Å². The Bertz CT molecular complexity index is 751. The zero-order valence-electron chi connectivity index (χ0n) is 16.3. The van der Waals surface area contributed by atoms with Gasteiger partial charge in [0.2, 0.25) is 0 Å². The molecule has 2 N–H and O–H groups in total. The third-order valence-corrected chi connectivity index (χ3v) is 4.21. The zero-order chi connectivity index (χ0) is 19.5. The van der Waals surface area contributed by atoms with Gasteiger partial charge in [0, 0.05) is 32.1 Å². The van der Waals surface area contributed by atoms with Gasteiger partial charge in [-0.2, -0.15) is 0 Å². The van der Waals surface area contributed by atoms with Crippen molar-refractivity contribution in [1.29, 1.82) is 0 Å². The van der Waals surface area contributed by atoms with Gasteiger partial charge in [-0.1, -0.05) is 37.1 Å². The first-order valence-electron chi connectivity index (χ1n) is 9.27. The van der Waals surface area contributed by atoms with Gasteiger partial charge < -0.3 is 19.9 Å². The van der Waals surface area contributed by atoms with Gasteiger partial charge in [-0.3, -0.25) is 4.99 Å². The summed E-state index contributed by atoms with van der Waals surface area (Å²) in [5.41, 5.74) is 3.35. The average molecular weight is 368 g/mol. The molecular formula is C21H28N4O2. The fraction of sp³-hybridized carbons (Fsp3) is 0.429. The minimum absolute atomic E-state index is 0.286. The number of guanidine groups is 1. The van der Waals surface area contributed by atoms with Crippen molar-refractivity contribution >= 4 is 5.96 Å². The summed E-state index contributed by atoms with van der Waals surface area (Å²) in [4.78, 5) is 4.28. The van der Waals surface area contributed by atoms with E-state index < -0.39 is 0 Å². The molecule has 0 aliphatic rings. The Kier molecular flexibility index (Phi) is 8.24. The molecule has 0 atom stereocenters. The highest BCUT2D eigenvalue weighted by molar-refractivity contribution is 5.79. The van der Waals surface area contributed by atoms with Crippen molar-refractivity contribution in [3.8, 4) is 18.1 Å². The maximum Gasteiger partial charge on any atom is 0.191 e. The lowest BCUT2D eigenvalue weighted by Gasteiger charge is -2.12. The first-order valence-corrected chi connectivity index (χ1v) is 9.27. The number of terminal acetylenes is 1. The second-order valence-corrected chi connectivity index (χ2v) is 5.98. The Labute approximate surface area is 161 Å². The second kappa shape index (κ2) is 10.9. The topological polar surface area (TPSA) is 71.7 Å². The highest BCUT2D eigenvalue weighted by Crippen LogP contribution is 2.15. The lowest BCUT2D eigenvalue weighted by atomic mass is 10.1. The van der Waals surface area contributed by atoms with Crippen molar-refractivity contribution in [1.82, 2.24) is 15.8 Å². The van der Waals surface area contributed by atoms with Crippen molar-refractivity contribution in [3.05, 3.63) is 46.8 Å². The van der Waals surface area contributed by atoms with E-state index >= 15 is 0 Å². The fourth-order valence-electron chi connectivity index (χ4n) is 2.73. The number of nitrogens with one attached hydrogen (secondary N) is 2. The molecule has 0 fully saturated rings. The summed E-state index contributed by atoms with van der Waals surface area (Å²) in [6.45, 7) is 5.86. The van der Waals surface area contributed by atoms with Crippen LogP contribution in [0.25, 0.3) is 0 Å². The molecule has 144 valence electrons. The van der Waals surface area contributed by atoms with Gasteiger partial charge >= 0.3 is 0 Å². The predicted molar refractivity (Wildman–Crippen MR) is 108 cm³/mol. The lowest BCUT2D eigenvalue weighted by molar-refractivity contribution is 0.370. The van der Waals surface area contributed by atoms with Gasteiger partial charge in [-0.15, -0.1) is 6.42 Å². The summed E-state index contributed by atoms with van der Waals surface area (Å²) < 4.78 is 10.8. The number of aromatic nitrogens is 1. The van der Waals surface area contributed by atoms with Crippen LogP contribution in [0.3, 0.4) is 0 Å². The zero-order valence-corrected chi connectivity index (χ0v) is 16.3. The molecule has 0 spiro atoms. The van der Waals surface area contributed by atoms with Crippen molar-refractivity contribution in [2.24, 2.45) is 4.99 Å². The third kappa shape index (κ3) is 6.07. The standard InChI is InChI=1S/C21H28N4O2/c1-5-14-26-17-10-8-16(9-11-17)12-13-23-21(22-4)24-15-18-19(6-2)25-27-20(18)7-3/h1,8-11H,6-7,12-15H2,2-4H3,(H2,22,23,24). The Hall–Kier alpha value is -2.94. The molecular weight excluding hydrogens is 340 g/mol. The monoisotopic (exact) mass is 368 g/mol. The van der Waals surface area contributed by atoms with E-state index in [1.807, 2.05) is 24.3 Å². The van der Waals surface area contributed by atoms with Crippen LogP contribution in [0.15, 0.2) is 33.8 Å². The van der Waals surface area contributed by atoms with Crippen LogP contribution in [-0.2, 0) is 25.8 Å². The summed E-state index contributed by atoms with van der Waals surface area (Å²) in [5, 5.41) is 10.8. The summed E-state index contributed by atoms with van der Waals surface area (Å²) in [7, 11) is 1.77. The van der Waals surface area contributed by atoms with Gasteiger partial charge in [0.25, 0.3) is 0 Å². The first-order chi connectivity index (χ1) is 13.2. The third-order valence-electron chi connectivity index (χ3n) is 4.21. The quantitative estimate of drug-likeness (QED) is 0.405. The number of aryl methyl sites for hydroxylation is 2. The Morgan fingerprint density at radius 2 is 2.00 bits per heavy atom. The lowest BCUT2D eigenvalue weighted by Crippen LogP contribution is -2.38. The molecule has 0 bridgehead atoms. The van der Waals surface area contributed by atoms with Gasteiger partial charge in [0.05, 0.1) is 5.69 Å². The van der Waals surface area contributed by atoms with Crippen LogP contribution in [0.1, 0.15) is 36.4 Å². The summed E-state index contributed by atoms with van der Waals surface area (Å²) in [6.07, 6.45) is 7.76. The largest absolute Gasteiger partial charge is 0.481 e. The van der Waals surface area contributed by atoms with Crippen molar-refractivity contribution in [2.45, 2.75) is 39.7 Å². The highest BCUT2D eigenvalue weighted by Gasteiger charge is 2.13. The fourth-order valence-corrected chi connectivity index (χ4v) is 2.73. The summed E-state index contributed by atoms with van der Waals surface area (Å²) >= 11 is 0. The van der Waals surface area contributed by atoms with E-state index in [-0.39, 0.29) is 6.61 Å². The smallest absolute Gasteiger partial charge is 0.191 e. The van der Waals surface area contributed by atoms with Crippen LogP contribution < -0.4 is 15.4 Å². The van der Waals surface area contributed by atoms with Crippen molar-refractivity contribution in [2.75, 3.05) is 20.2 Å². The number of ether oxygens (including phenoxy) is 1. The molecule has 1 aromatic carbocycles. The normalized spacial score (nSPS) is 11.1. The predicted octanol–water partition coefficient (Wildman–Crippen LogP) is 2.72. The van der Waals surface area contributed by atoms with Crippen LogP contribution in [0.4, 0.5) is 0 Å². The van der Waals surface area contributed by atoms with Crippen molar-refractivity contribution in [3.63, 3.8) is 0 Å². The van der Waals surface area contributed by atoms with Gasteiger partial charge in [0.15, 0.2) is 5.96 Å². The van der Waals surface area contributed by atoms with Gasteiger partial charge in [0.1, 0.15) is 18.1 Å². The molecule has 0 saturated heterocycles. The molecule has 27 heavy (non-hydrogen) atoms. The van der Waals surface area contributed by atoms with E-state index in [4.69, 9.17) is 15.7 Å². The number of nitrogens with zero attached hydrogens (tertiary/aromatic N) is 2. The maximum atomic E-state index is 5.40. The van der Waals surface area contributed by atoms with Gasteiger partial charge in [-0.05, 0) is 30.5 Å². The van der Waals surface area contributed by atoms with Crippen LogP contribution in [0.2, 0.25) is 0 Å². The van der Waals surface area contributed by atoms with Crippen LogP contribution in [0, 0.1) is 12.3 Å². The summed E-state index contributed by atoms with van der Waals surface area (Å²) in [5.74, 6) is 4.94. The van der Waals surface area contributed by atoms with Crippen molar-refractivity contribution < 1.29 is 9.26 Å². The van der Waals surface area contributed by atoms with E-state index in [9.17, 15) is 0 Å². The van der Waals surface area contributed by atoms with E-state index in [1.54, 1.807) is 7.05 Å². The summed E-state index contributed by atoms with van der Waals surface area (Å²) in [6, 6.07) is 7.96. The minimum atomic E-state index is 0.286. The minimum Gasteiger partial charge on any atom is -0.481 e. The Morgan fingerprint density at radius 3 is 2.63 bits per heavy atom. The molecule has 1 heterocycles. The van der Waals surface area contributed by atoms with E-state index in [1.165, 1.54) is 5.56 Å². The maximum absolute atomic E-state index is 5.40. The van der Waals surface area contributed by atoms with Crippen LogP contribution >= 0.6 is 0 Å². The molecule has 0 saturated carbocycles. The number of hydrogen-bond donors (Lipinski definition) is 2.